The van der Waals surface area contributed by atoms with Crippen molar-refractivity contribution in [3.63, 3.8) is 0 Å². The Hall–Kier alpha value is -5.72. The second kappa shape index (κ2) is 18.9. The molecule has 59 heavy (non-hydrogen) atoms. The van der Waals surface area contributed by atoms with Crippen molar-refractivity contribution in [2.75, 3.05) is 0 Å². The van der Waals surface area contributed by atoms with Crippen LogP contribution in [0.15, 0.2) is 211 Å². The summed E-state index contributed by atoms with van der Waals surface area (Å²) in [5, 5.41) is 29.7. The maximum absolute atomic E-state index is 8.96. The largest absolute Gasteiger partial charge is 0.488 e. The fourth-order valence-electron chi connectivity index (χ4n) is 7.28. The van der Waals surface area contributed by atoms with E-state index in [1.807, 2.05) is 48.5 Å². The molecule has 6 heteroatoms. The molecule has 0 atom stereocenters. The molecule has 10 aromatic rings. The highest BCUT2D eigenvalue weighted by Crippen LogP contribution is 2.36. The lowest BCUT2D eigenvalue weighted by atomic mass is 9.80. The van der Waals surface area contributed by atoms with Crippen molar-refractivity contribution in [2.24, 2.45) is 0 Å². The first-order valence-corrected chi connectivity index (χ1v) is 20.4. The average molecular weight is 871 g/mol. The number of fused-ring (bicyclic) bond motifs is 6. The van der Waals surface area contributed by atoms with Gasteiger partial charge in [0.15, 0.2) is 0 Å². The van der Waals surface area contributed by atoms with Crippen LogP contribution in [-0.4, -0.2) is 17.2 Å². The standard InChI is InChI=1S/C26H17Cl.C14H9Br.C12H10BClO2.CH4/c27-22-15-13-19(14-16-22)18-9-11-20(12-10-18)26-17-21-5-1-2-6-23(21)24-7-3-4-8-25(24)26;15-14-9-10-5-1-2-6-11(10)12-7-3-4-8-13(12)14;14-12-7-3-10(4-8-12)9-1-5-11(6-2-9)13(15)16;/h1-17H;1-9H;1-8,15-16H;1H4. The maximum Gasteiger partial charge on any atom is 0.488 e. The lowest BCUT2D eigenvalue weighted by Gasteiger charge is -2.12. The van der Waals surface area contributed by atoms with E-state index in [4.69, 9.17) is 33.2 Å². The highest BCUT2D eigenvalue weighted by atomic mass is 79.9. The second-order valence-corrected chi connectivity index (χ2v) is 15.6. The smallest absolute Gasteiger partial charge is 0.423 e. The Labute approximate surface area is 364 Å². The van der Waals surface area contributed by atoms with Gasteiger partial charge in [0.05, 0.1) is 0 Å². The summed E-state index contributed by atoms with van der Waals surface area (Å²) in [4.78, 5) is 0. The van der Waals surface area contributed by atoms with E-state index in [1.165, 1.54) is 65.3 Å². The van der Waals surface area contributed by atoms with Crippen LogP contribution >= 0.6 is 39.1 Å². The van der Waals surface area contributed by atoms with Crippen LogP contribution in [0.4, 0.5) is 0 Å². The minimum atomic E-state index is -1.42. The van der Waals surface area contributed by atoms with Crippen molar-refractivity contribution in [2.45, 2.75) is 7.43 Å². The number of halogens is 3. The monoisotopic (exact) mass is 868 g/mol. The Kier molecular flexibility index (Phi) is 13.3. The fraction of sp³-hybridized carbons (Fsp3) is 0.0189. The van der Waals surface area contributed by atoms with Gasteiger partial charge in [0, 0.05) is 14.5 Å². The summed E-state index contributed by atoms with van der Waals surface area (Å²) in [5.41, 5.74) is 7.42. The Morgan fingerprint density at radius 1 is 0.356 bits per heavy atom. The third kappa shape index (κ3) is 9.45. The molecule has 0 amide bonds. The van der Waals surface area contributed by atoms with Crippen molar-refractivity contribution < 1.29 is 10.0 Å². The van der Waals surface area contributed by atoms with E-state index in [0.29, 0.717) is 10.5 Å². The van der Waals surface area contributed by atoms with Gasteiger partial charge < -0.3 is 10.0 Å². The van der Waals surface area contributed by atoms with E-state index in [0.717, 1.165) is 20.6 Å². The quantitative estimate of drug-likeness (QED) is 0.137. The van der Waals surface area contributed by atoms with E-state index in [-0.39, 0.29) is 7.43 Å². The van der Waals surface area contributed by atoms with Crippen molar-refractivity contribution in [1.29, 1.82) is 0 Å². The van der Waals surface area contributed by atoms with Gasteiger partial charge in [-0.2, -0.15) is 0 Å². The number of benzene rings is 10. The van der Waals surface area contributed by atoms with Gasteiger partial charge >= 0.3 is 7.12 Å². The highest BCUT2D eigenvalue weighted by molar-refractivity contribution is 9.10. The molecule has 0 saturated heterocycles. The summed E-state index contributed by atoms with van der Waals surface area (Å²) >= 11 is 15.4. The zero-order chi connectivity index (χ0) is 40.0. The van der Waals surface area contributed by atoms with Gasteiger partial charge in [-0.1, -0.05) is 216 Å². The molecule has 0 saturated carbocycles. The third-order valence-electron chi connectivity index (χ3n) is 10.2. The highest BCUT2D eigenvalue weighted by Gasteiger charge is 2.11. The Morgan fingerprint density at radius 2 is 0.695 bits per heavy atom. The lowest BCUT2D eigenvalue weighted by molar-refractivity contribution is 0.426. The molecule has 0 unspecified atom stereocenters. The summed E-state index contributed by atoms with van der Waals surface area (Å²) < 4.78 is 1.16. The molecule has 0 spiro atoms. The van der Waals surface area contributed by atoms with Crippen LogP contribution in [0.5, 0.6) is 0 Å². The molecule has 0 aliphatic carbocycles. The summed E-state index contributed by atoms with van der Waals surface area (Å²) in [7, 11) is -1.42. The summed E-state index contributed by atoms with van der Waals surface area (Å²) in [6, 6.07) is 70.0. The van der Waals surface area contributed by atoms with Crippen LogP contribution in [0.2, 0.25) is 10.0 Å². The van der Waals surface area contributed by atoms with E-state index in [2.05, 4.69) is 162 Å². The van der Waals surface area contributed by atoms with Crippen LogP contribution < -0.4 is 5.46 Å². The number of hydrogen-bond acceptors (Lipinski definition) is 2. The van der Waals surface area contributed by atoms with Crippen LogP contribution in [0.1, 0.15) is 7.43 Å². The molecule has 288 valence electrons. The van der Waals surface area contributed by atoms with E-state index >= 15 is 0 Å². The zero-order valence-corrected chi connectivity index (χ0v) is 34.3. The van der Waals surface area contributed by atoms with Crippen LogP contribution in [0, 0.1) is 0 Å². The SMILES string of the molecule is Brc1cc2ccccc2c2ccccc12.C.Clc1ccc(-c2ccc(-c3cc4ccccc4c4ccccc34)cc2)cc1.OB(O)c1ccc(-c2ccc(Cl)cc2)cc1. The third-order valence-corrected chi connectivity index (χ3v) is 11.4. The van der Waals surface area contributed by atoms with Crippen LogP contribution in [-0.2, 0) is 0 Å². The van der Waals surface area contributed by atoms with Crippen molar-refractivity contribution in [1.82, 2.24) is 0 Å². The second-order valence-electron chi connectivity index (χ2n) is 13.9. The fourth-order valence-corrected chi connectivity index (χ4v) is 8.12. The van der Waals surface area contributed by atoms with Gasteiger partial charge in [-0.3, -0.25) is 0 Å². The maximum atomic E-state index is 8.96. The minimum Gasteiger partial charge on any atom is -0.423 e. The average Bonchev–Trinajstić information content (AvgIpc) is 3.27. The molecule has 0 aliphatic rings. The summed E-state index contributed by atoms with van der Waals surface area (Å²) in [6.07, 6.45) is 0. The van der Waals surface area contributed by atoms with E-state index in [1.54, 1.807) is 12.1 Å². The molecular weight excluding hydrogens is 830 g/mol. The van der Waals surface area contributed by atoms with Gasteiger partial charge in [0.2, 0.25) is 0 Å². The molecule has 10 aromatic carbocycles. The number of rotatable bonds is 4. The lowest BCUT2D eigenvalue weighted by Crippen LogP contribution is -2.29. The summed E-state index contributed by atoms with van der Waals surface area (Å²) in [6.45, 7) is 0. The molecule has 0 aliphatic heterocycles. The minimum absolute atomic E-state index is 0. The van der Waals surface area contributed by atoms with Gasteiger partial charge in [0.1, 0.15) is 0 Å². The molecule has 0 bridgehead atoms. The Bertz CT molecular complexity index is 2990. The van der Waals surface area contributed by atoms with Crippen molar-refractivity contribution in [3.05, 3.63) is 221 Å². The first-order chi connectivity index (χ1) is 28.3. The normalized spacial score (nSPS) is 10.7. The number of hydrogen-bond donors (Lipinski definition) is 2. The van der Waals surface area contributed by atoms with Crippen LogP contribution in [0.25, 0.3) is 76.5 Å². The van der Waals surface area contributed by atoms with Crippen molar-refractivity contribution in [3.8, 4) is 33.4 Å². The molecule has 0 heterocycles. The molecule has 0 radical (unpaired) electrons. The molecule has 0 aromatic heterocycles. The van der Waals surface area contributed by atoms with Gasteiger partial charge in [-0.25, -0.2) is 0 Å². The molecule has 2 nitrogen and oxygen atoms in total. The summed E-state index contributed by atoms with van der Waals surface area (Å²) in [5.74, 6) is 0. The van der Waals surface area contributed by atoms with Crippen molar-refractivity contribution >= 4 is 94.8 Å². The Morgan fingerprint density at radius 3 is 1.17 bits per heavy atom. The molecular formula is C53H40BBrCl2O2. The van der Waals surface area contributed by atoms with E-state index < -0.39 is 7.12 Å². The first-order valence-electron chi connectivity index (χ1n) is 18.9. The molecule has 2 N–H and O–H groups in total. The van der Waals surface area contributed by atoms with Gasteiger partial charge in [-0.15, -0.1) is 0 Å². The zero-order valence-electron chi connectivity index (χ0n) is 31.2. The Balaban J connectivity index is 0.000000142. The topological polar surface area (TPSA) is 40.5 Å². The van der Waals surface area contributed by atoms with Gasteiger partial charge in [0.25, 0.3) is 0 Å². The predicted octanol–water partition coefficient (Wildman–Crippen LogP) is 15.1. The molecule has 10 rings (SSSR count). The predicted molar refractivity (Wildman–Crippen MR) is 260 cm³/mol. The van der Waals surface area contributed by atoms with E-state index in [9.17, 15) is 0 Å². The first kappa shape index (κ1) is 41.4. The van der Waals surface area contributed by atoms with Crippen LogP contribution in [0.3, 0.4) is 0 Å². The molecule has 0 fully saturated rings. The van der Waals surface area contributed by atoms with Gasteiger partial charge in [-0.05, 0) is 118 Å².